The summed E-state index contributed by atoms with van der Waals surface area (Å²) >= 11 is 0. The van der Waals surface area contributed by atoms with Crippen LogP contribution in [-0.4, -0.2) is 25.8 Å². The van der Waals surface area contributed by atoms with E-state index in [1.807, 2.05) is 12.3 Å². The maximum atomic E-state index is 5.44. The maximum absolute atomic E-state index is 5.44. The summed E-state index contributed by atoms with van der Waals surface area (Å²) in [6, 6.07) is 60.8. The summed E-state index contributed by atoms with van der Waals surface area (Å²) in [5, 5.41) is 2.40. The van der Waals surface area contributed by atoms with Gasteiger partial charge in [-0.05, 0) is 171 Å². The molecule has 7 heteroatoms. The average molecular weight is 905 g/mol. The SMILES string of the molecule is Cc1cc(C)c(N2c3ccc(-c4nc5ccccc5n4-c4ccccc4)cc3B3c4cc5c(cc4N(c4c(C)cc(C)cc4C)c4cc(C(C)C)cc2c43)c2ccccc2n5-c2ccccn2)c(C)c1. The molecule has 338 valence electrons. The van der Waals surface area contributed by atoms with Gasteiger partial charge in [0.1, 0.15) is 11.6 Å². The third kappa shape index (κ3) is 6.20. The van der Waals surface area contributed by atoms with Gasteiger partial charge in [0.2, 0.25) is 0 Å². The number of rotatable bonds is 6. The van der Waals surface area contributed by atoms with Gasteiger partial charge in [0.15, 0.2) is 0 Å². The summed E-state index contributed by atoms with van der Waals surface area (Å²) in [6.07, 6.45) is 1.90. The number of hydrogen-bond acceptors (Lipinski definition) is 4. The number of anilines is 6. The van der Waals surface area contributed by atoms with E-state index in [1.165, 1.54) is 100 Å². The third-order valence-electron chi connectivity index (χ3n) is 15.0. The number of nitrogens with zero attached hydrogens (tertiary/aromatic N) is 6. The van der Waals surface area contributed by atoms with E-state index in [2.05, 4.69) is 232 Å². The molecule has 0 atom stereocenters. The van der Waals surface area contributed by atoms with E-state index in [0.717, 1.165) is 45.0 Å². The monoisotopic (exact) mass is 904 g/mol. The maximum Gasteiger partial charge on any atom is 0.252 e. The van der Waals surface area contributed by atoms with Gasteiger partial charge in [-0.3, -0.25) is 9.13 Å². The van der Waals surface area contributed by atoms with E-state index >= 15 is 0 Å². The Morgan fingerprint density at radius 2 is 1.07 bits per heavy atom. The van der Waals surface area contributed by atoms with E-state index in [0.29, 0.717) is 0 Å². The minimum absolute atomic E-state index is 0.144. The molecule has 0 unspecified atom stereocenters. The lowest BCUT2D eigenvalue weighted by molar-refractivity contribution is 0.866. The van der Waals surface area contributed by atoms with Crippen molar-refractivity contribution in [1.82, 2.24) is 19.1 Å². The fourth-order valence-electron chi connectivity index (χ4n) is 12.3. The largest absolute Gasteiger partial charge is 0.311 e. The first-order valence-electron chi connectivity index (χ1n) is 24.6. The number of hydrogen-bond donors (Lipinski definition) is 0. The van der Waals surface area contributed by atoms with Crippen molar-refractivity contribution < 1.29 is 0 Å². The summed E-state index contributed by atoms with van der Waals surface area (Å²) in [5.41, 5.74) is 26.4. The number of benzene rings is 8. The smallest absolute Gasteiger partial charge is 0.252 e. The number of para-hydroxylation sites is 4. The van der Waals surface area contributed by atoms with Crippen molar-refractivity contribution in [2.24, 2.45) is 0 Å². The minimum atomic E-state index is -0.144. The highest BCUT2D eigenvalue weighted by atomic mass is 15.2. The van der Waals surface area contributed by atoms with Crippen LogP contribution in [0.1, 0.15) is 58.7 Å². The molecule has 0 aliphatic carbocycles. The Morgan fingerprint density at radius 1 is 0.471 bits per heavy atom. The molecule has 5 heterocycles. The predicted molar refractivity (Wildman–Crippen MR) is 295 cm³/mol. The lowest BCUT2D eigenvalue weighted by Gasteiger charge is -2.46. The highest BCUT2D eigenvalue weighted by Crippen LogP contribution is 2.50. The number of imidazole rings is 1. The lowest BCUT2D eigenvalue weighted by atomic mass is 9.33. The molecule has 2 aliphatic heterocycles. The summed E-state index contributed by atoms with van der Waals surface area (Å²) in [7, 11) is 0. The Bertz CT molecular complexity index is 3910. The van der Waals surface area contributed by atoms with Gasteiger partial charge in [0, 0.05) is 51.0 Å². The predicted octanol–water partition coefficient (Wildman–Crippen LogP) is 14.2. The second-order valence-electron chi connectivity index (χ2n) is 20.1. The van der Waals surface area contributed by atoms with Crippen LogP contribution in [0.2, 0.25) is 0 Å². The van der Waals surface area contributed by atoms with Crippen LogP contribution in [0.25, 0.3) is 55.7 Å². The second-order valence-corrected chi connectivity index (χ2v) is 20.1. The second kappa shape index (κ2) is 15.7. The van der Waals surface area contributed by atoms with Crippen LogP contribution in [0.4, 0.5) is 34.1 Å². The van der Waals surface area contributed by atoms with Crippen LogP contribution in [0.5, 0.6) is 0 Å². The third-order valence-corrected chi connectivity index (χ3v) is 15.0. The summed E-state index contributed by atoms with van der Waals surface area (Å²) < 4.78 is 4.69. The van der Waals surface area contributed by atoms with Crippen molar-refractivity contribution in [3.05, 3.63) is 209 Å². The van der Waals surface area contributed by atoms with E-state index in [4.69, 9.17) is 9.97 Å². The van der Waals surface area contributed by atoms with Gasteiger partial charge < -0.3 is 9.80 Å². The van der Waals surface area contributed by atoms with Crippen molar-refractivity contribution in [1.29, 1.82) is 0 Å². The zero-order chi connectivity index (χ0) is 47.7. The highest BCUT2D eigenvalue weighted by Gasteiger charge is 2.45. The molecule has 0 amide bonds. The summed E-state index contributed by atoms with van der Waals surface area (Å²) in [5.74, 6) is 2.09. The Balaban J connectivity index is 1.20. The lowest BCUT2D eigenvalue weighted by Crippen LogP contribution is -2.61. The van der Waals surface area contributed by atoms with Gasteiger partial charge in [-0.2, -0.15) is 0 Å². The Kier molecular flexibility index (Phi) is 9.41. The molecular weight excluding hydrogens is 852 g/mol. The van der Waals surface area contributed by atoms with Crippen LogP contribution < -0.4 is 26.2 Å². The molecule has 0 spiro atoms. The number of fused-ring (bicyclic) bond motifs is 8. The molecule has 0 saturated heterocycles. The number of aromatic nitrogens is 4. The minimum Gasteiger partial charge on any atom is -0.311 e. The zero-order valence-corrected chi connectivity index (χ0v) is 41.0. The van der Waals surface area contributed by atoms with Crippen molar-refractivity contribution in [3.63, 3.8) is 0 Å². The molecule has 11 aromatic rings. The Morgan fingerprint density at radius 3 is 1.73 bits per heavy atom. The molecule has 0 bridgehead atoms. The fourth-order valence-corrected chi connectivity index (χ4v) is 12.3. The standard InChI is InChI=1S/C63H53BN6/c1-37(2)45-33-57-60-58(34-45)70(62-42(7)30-39(4)31-43(62)8)56-35-48-47-20-12-14-22-52(47)68(59-24-16-17-27-65-59)55(48)36-50(56)64(60)49-32-44(25-26-53(49)69(57)61-40(5)28-38(3)29-41(61)6)63-66-51-21-13-15-23-54(51)67(63)46-18-10-9-11-19-46/h9-37H,1-8H3. The summed E-state index contributed by atoms with van der Waals surface area (Å²) in [4.78, 5) is 15.7. The molecule has 0 radical (unpaired) electrons. The van der Waals surface area contributed by atoms with Gasteiger partial charge in [-0.1, -0.05) is 110 Å². The highest BCUT2D eigenvalue weighted by molar-refractivity contribution is 7.00. The quantitative estimate of drug-likeness (QED) is 0.156. The fraction of sp³-hybridized carbons (Fsp3) is 0.143. The van der Waals surface area contributed by atoms with Gasteiger partial charge in [-0.15, -0.1) is 0 Å². The van der Waals surface area contributed by atoms with Gasteiger partial charge in [-0.25, -0.2) is 9.97 Å². The first kappa shape index (κ1) is 42.0. The number of aryl methyl sites for hydroxylation is 6. The number of pyridine rings is 1. The Hall–Kier alpha value is -8.16. The molecule has 0 N–H and O–H groups in total. The molecule has 0 fully saturated rings. The topological polar surface area (TPSA) is 42.1 Å². The van der Waals surface area contributed by atoms with Gasteiger partial charge in [0.05, 0.1) is 33.4 Å². The average Bonchev–Trinajstić information content (AvgIpc) is 3.90. The normalized spacial score (nSPS) is 12.9. The van der Waals surface area contributed by atoms with Gasteiger partial charge in [0.25, 0.3) is 6.71 Å². The molecule has 70 heavy (non-hydrogen) atoms. The van der Waals surface area contributed by atoms with Crippen LogP contribution in [0.15, 0.2) is 170 Å². The molecule has 3 aromatic heterocycles. The molecule has 6 nitrogen and oxygen atoms in total. The molecule has 8 aromatic carbocycles. The molecule has 13 rings (SSSR count). The summed E-state index contributed by atoms with van der Waals surface area (Å²) in [6.45, 7) is 18.1. The van der Waals surface area contributed by atoms with Crippen LogP contribution in [0.3, 0.4) is 0 Å². The first-order chi connectivity index (χ1) is 34.0. The van der Waals surface area contributed by atoms with Crippen LogP contribution in [-0.2, 0) is 0 Å². The first-order valence-corrected chi connectivity index (χ1v) is 24.6. The molecular formula is C63H53BN6. The van der Waals surface area contributed by atoms with Crippen molar-refractivity contribution in [3.8, 4) is 22.9 Å². The van der Waals surface area contributed by atoms with Crippen LogP contribution in [0, 0.1) is 41.5 Å². The van der Waals surface area contributed by atoms with Crippen molar-refractivity contribution >= 4 is 90.1 Å². The van der Waals surface area contributed by atoms with Crippen molar-refractivity contribution in [2.75, 3.05) is 9.80 Å². The zero-order valence-electron chi connectivity index (χ0n) is 41.0. The molecule has 2 aliphatic rings. The molecule has 0 saturated carbocycles. The van der Waals surface area contributed by atoms with E-state index in [1.54, 1.807) is 0 Å². The van der Waals surface area contributed by atoms with Gasteiger partial charge >= 0.3 is 0 Å². The van der Waals surface area contributed by atoms with E-state index in [-0.39, 0.29) is 12.6 Å². The van der Waals surface area contributed by atoms with Crippen LogP contribution >= 0.6 is 0 Å². The Labute approximate surface area is 410 Å². The van der Waals surface area contributed by atoms with E-state index < -0.39 is 0 Å². The van der Waals surface area contributed by atoms with E-state index in [9.17, 15) is 0 Å². The van der Waals surface area contributed by atoms with Crippen molar-refractivity contribution in [2.45, 2.75) is 61.3 Å².